The topological polar surface area (TPSA) is 66.4 Å². The van der Waals surface area contributed by atoms with Crippen molar-refractivity contribution in [2.75, 3.05) is 0 Å². The number of hydrogen-bond donors (Lipinski definition) is 2. The lowest BCUT2D eigenvalue weighted by Gasteiger charge is -2.33. The molecule has 2 N–H and O–H groups in total. The van der Waals surface area contributed by atoms with E-state index in [1.54, 1.807) is 20.8 Å². The number of benzene rings is 1. The van der Waals surface area contributed by atoms with Crippen LogP contribution in [0.3, 0.4) is 0 Å². The minimum absolute atomic E-state index is 0.150. The van der Waals surface area contributed by atoms with E-state index < -0.39 is 35.5 Å². The van der Waals surface area contributed by atoms with Crippen LogP contribution in [0.15, 0.2) is 18.2 Å². The van der Waals surface area contributed by atoms with Crippen LogP contribution in [0.5, 0.6) is 0 Å². The second kappa shape index (κ2) is 6.65. The largest absolute Gasteiger partial charge is 0.481 e. The highest BCUT2D eigenvalue weighted by Gasteiger charge is 2.33. The molecule has 4 nitrogen and oxygen atoms in total. The Morgan fingerprint density at radius 1 is 1.29 bits per heavy atom. The van der Waals surface area contributed by atoms with Gasteiger partial charge in [0.15, 0.2) is 0 Å². The van der Waals surface area contributed by atoms with Crippen molar-refractivity contribution in [2.45, 2.75) is 39.2 Å². The van der Waals surface area contributed by atoms with Crippen molar-refractivity contribution >= 4 is 11.9 Å². The Labute approximate surface area is 122 Å². The van der Waals surface area contributed by atoms with E-state index >= 15 is 0 Å². The number of carboxylic acids is 1. The fourth-order valence-electron chi connectivity index (χ4n) is 1.93. The van der Waals surface area contributed by atoms with Gasteiger partial charge in [0, 0.05) is 11.1 Å². The molecule has 0 spiro atoms. The third kappa shape index (κ3) is 4.51. The van der Waals surface area contributed by atoms with Gasteiger partial charge in [-0.05, 0) is 25.0 Å². The predicted octanol–water partition coefficient (Wildman–Crippen LogP) is 2.51. The van der Waals surface area contributed by atoms with E-state index in [1.807, 2.05) is 0 Å². The van der Waals surface area contributed by atoms with Gasteiger partial charge < -0.3 is 10.4 Å². The Balaban J connectivity index is 2.86. The van der Waals surface area contributed by atoms with E-state index in [9.17, 15) is 18.4 Å². The number of aliphatic carboxylic acids is 1. The third-order valence-corrected chi connectivity index (χ3v) is 3.62. The van der Waals surface area contributed by atoms with Crippen LogP contribution in [-0.4, -0.2) is 22.5 Å². The van der Waals surface area contributed by atoms with E-state index in [-0.39, 0.29) is 17.9 Å². The molecule has 1 amide bonds. The van der Waals surface area contributed by atoms with Crippen molar-refractivity contribution in [2.24, 2.45) is 5.92 Å². The number of carbonyl (C=O) groups is 2. The normalized spacial score (nSPS) is 13.8. The predicted molar refractivity (Wildman–Crippen MR) is 73.7 cm³/mol. The second-order valence-corrected chi connectivity index (χ2v) is 5.57. The van der Waals surface area contributed by atoms with Crippen LogP contribution < -0.4 is 5.32 Å². The summed E-state index contributed by atoms with van der Waals surface area (Å²) in [5.41, 5.74) is -1.30. The summed E-state index contributed by atoms with van der Waals surface area (Å²) < 4.78 is 27.0. The number of carbonyl (C=O) groups excluding carboxylic acids is 1. The third-order valence-electron chi connectivity index (χ3n) is 3.62. The van der Waals surface area contributed by atoms with Crippen LogP contribution in [0.4, 0.5) is 8.78 Å². The molecule has 0 aromatic heterocycles. The number of halogens is 2. The summed E-state index contributed by atoms with van der Waals surface area (Å²) in [7, 11) is 0. The number of rotatable bonds is 6. The fraction of sp³-hybridized carbons (Fsp3) is 0.467. The van der Waals surface area contributed by atoms with Crippen molar-refractivity contribution in [3.8, 4) is 0 Å². The van der Waals surface area contributed by atoms with Crippen LogP contribution >= 0.6 is 0 Å². The van der Waals surface area contributed by atoms with Gasteiger partial charge in [0.25, 0.3) is 0 Å². The summed E-state index contributed by atoms with van der Waals surface area (Å²) >= 11 is 0. The quantitative estimate of drug-likeness (QED) is 0.848. The Hall–Kier alpha value is -1.98. The first-order valence-electron chi connectivity index (χ1n) is 6.61. The minimum atomic E-state index is -1.05. The lowest BCUT2D eigenvalue weighted by molar-refractivity contribution is -0.139. The Morgan fingerprint density at radius 2 is 1.81 bits per heavy atom. The lowest BCUT2D eigenvalue weighted by atomic mass is 9.85. The SMILES string of the molecule is CC(C)C(C)(CC(=O)O)NC(=O)Cc1c(F)cccc1F. The smallest absolute Gasteiger partial charge is 0.305 e. The van der Waals surface area contributed by atoms with Gasteiger partial charge >= 0.3 is 5.97 Å². The zero-order valence-corrected chi connectivity index (χ0v) is 12.2. The number of hydrogen-bond acceptors (Lipinski definition) is 2. The molecule has 0 aliphatic carbocycles. The van der Waals surface area contributed by atoms with Gasteiger partial charge in [-0.25, -0.2) is 8.78 Å². The molecule has 0 radical (unpaired) electrons. The maximum atomic E-state index is 13.5. The van der Waals surface area contributed by atoms with Crippen molar-refractivity contribution in [3.63, 3.8) is 0 Å². The van der Waals surface area contributed by atoms with E-state index in [2.05, 4.69) is 5.32 Å². The van der Waals surface area contributed by atoms with E-state index in [0.717, 1.165) is 12.1 Å². The first-order valence-corrected chi connectivity index (χ1v) is 6.61. The van der Waals surface area contributed by atoms with Crippen LogP contribution in [0, 0.1) is 17.6 Å². The summed E-state index contributed by atoms with van der Waals surface area (Å²) in [5.74, 6) is -3.41. The number of carboxylic acid groups (broad SMARTS) is 1. The van der Waals surface area contributed by atoms with Crippen molar-refractivity contribution in [3.05, 3.63) is 35.4 Å². The fourth-order valence-corrected chi connectivity index (χ4v) is 1.93. The van der Waals surface area contributed by atoms with Crippen LogP contribution in [0.25, 0.3) is 0 Å². The van der Waals surface area contributed by atoms with E-state index in [1.165, 1.54) is 6.07 Å². The van der Waals surface area contributed by atoms with Crippen LogP contribution in [0.2, 0.25) is 0 Å². The monoisotopic (exact) mass is 299 g/mol. The molecule has 1 rings (SSSR count). The van der Waals surface area contributed by atoms with E-state index in [0.29, 0.717) is 0 Å². The minimum Gasteiger partial charge on any atom is -0.481 e. The molecule has 0 saturated heterocycles. The van der Waals surface area contributed by atoms with Crippen LogP contribution in [-0.2, 0) is 16.0 Å². The first kappa shape index (κ1) is 17.1. The highest BCUT2D eigenvalue weighted by atomic mass is 19.1. The summed E-state index contributed by atoms with van der Waals surface area (Å²) in [5, 5.41) is 11.5. The molecule has 0 aliphatic rings. The number of nitrogens with one attached hydrogen (secondary N) is 1. The van der Waals surface area contributed by atoms with Crippen molar-refractivity contribution in [1.82, 2.24) is 5.32 Å². The molecule has 1 atom stereocenters. The average Bonchev–Trinajstić information content (AvgIpc) is 2.32. The lowest BCUT2D eigenvalue weighted by Crippen LogP contribution is -2.51. The van der Waals surface area contributed by atoms with Crippen LogP contribution in [0.1, 0.15) is 32.8 Å². The summed E-state index contributed by atoms with van der Waals surface area (Å²) in [6.07, 6.45) is -0.739. The van der Waals surface area contributed by atoms with Gasteiger partial charge in [-0.2, -0.15) is 0 Å². The Morgan fingerprint density at radius 3 is 2.24 bits per heavy atom. The molecular formula is C15H19F2NO3. The molecule has 0 saturated carbocycles. The van der Waals surface area contributed by atoms with Gasteiger partial charge in [-0.15, -0.1) is 0 Å². The molecule has 0 heterocycles. The number of amides is 1. The molecule has 6 heteroatoms. The molecule has 1 aromatic rings. The van der Waals surface area contributed by atoms with E-state index in [4.69, 9.17) is 5.11 Å². The van der Waals surface area contributed by atoms with Gasteiger partial charge in [0.1, 0.15) is 11.6 Å². The molecule has 0 aliphatic heterocycles. The highest BCUT2D eigenvalue weighted by Crippen LogP contribution is 2.21. The maximum Gasteiger partial charge on any atom is 0.305 e. The Kier molecular flexibility index (Phi) is 5.41. The summed E-state index contributed by atoms with van der Waals surface area (Å²) in [4.78, 5) is 22.9. The summed E-state index contributed by atoms with van der Waals surface area (Å²) in [6.45, 7) is 5.14. The second-order valence-electron chi connectivity index (χ2n) is 5.57. The molecule has 0 fully saturated rings. The van der Waals surface area contributed by atoms with Gasteiger partial charge in [-0.3, -0.25) is 9.59 Å². The summed E-state index contributed by atoms with van der Waals surface area (Å²) in [6, 6.07) is 3.36. The molecule has 21 heavy (non-hydrogen) atoms. The van der Waals surface area contributed by atoms with Crippen molar-refractivity contribution in [1.29, 1.82) is 0 Å². The average molecular weight is 299 g/mol. The van der Waals surface area contributed by atoms with Gasteiger partial charge in [0.05, 0.1) is 12.8 Å². The molecule has 1 unspecified atom stereocenters. The highest BCUT2D eigenvalue weighted by molar-refractivity contribution is 5.80. The molecule has 1 aromatic carbocycles. The zero-order valence-electron chi connectivity index (χ0n) is 12.2. The zero-order chi connectivity index (χ0) is 16.2. The first-order chi connectivity index (χ1) is 9.65. The molecule has 0 bridgehead atoms. The molecule has 116 valence electrons. The Bertz CT molecular complexity index is 525. The van der Waals surface area contributed by atoms with Gasteiger partial charge in [0.2, 0.25) is 5.91 Å². The van der Waals surface area contributed by atoms with Crippen molar-refractivity contribution < 1.29 is 23.5 Å². The molecular weight excluding hydrogens is 280 g/mol. The maximum absolute atomic E-state index is 13.5. The standard InChI is InChI=1S/C15H19F2NO3/c1-9(2)15(3,8-14(20)21)18-13(19)7-10-11(16)5-4-6-12(10)17/h4-6,9H,7-8H2,1-3H3,(H,18,19)(H,20,21). The van der Waals surface area contributed by atoms with Gasteiger partial charge in [-0.1, -0.05) is 19.9 Å².